The minimum atomic E-state index is -0.541. The molecule has 2 aromatic rings. The van der Waals surface area contributed by atoms with Crippen molar-refractivity contribution in [1.82, 2.24) is 9.80 Å². The molecule has 2 aliphatic rings. The minimum Gasteiger partial charge on any atom is -0.479 e. The van der Waals surface area contributed by atoms with Gasteiger partial charge in [0.2, 0.25) is 5.91 Å². The van der Waals surface area contributed by atoms with Gasteiger partial charge in [-0.2, -0.15) is 0 Å². The maximum absolute atomic E-state index is 13.2. The van der Waals surface area contributed by atoms with Crippen LogP contribution in [0, 0.1) is 0 Å². The van der Waals surface area contributed by atoms with Crippen molar-refractivity contribution in [3.63, 3.8) is 0 Å². The molecule has 6 nitrogen and oxygen atoms in total. The zero-order valence-electron chi connectivity index (χ0n) is 17.0. The number of likely N-dealkylation sites (N-methyl/N-ethyl adjacent to an activating group) is 1. The summed E-state index contributed by atoms with van der Waals surface area (Å²) in [6, 6.07) is 17.7. The Morgan fingerprint density at radius 1 is 1.07 bits per heavy atom. The van der Waals surface area contributed by atoms with E-state index in [0.29, 0.717) is 25.3 Å². The van der Waals surface area contributed by atoms with Crippen LogP contribution in [0.1, 0.15) is 24.9 Å². The van der Waals surface area contributed by atoms with E-state index < -0.39 is 6.10 Å². The summed E-state index contributed by atoms with van der Waals surface area (Å²) in [6.45, 7) is 4.46. The lowest BCUT2D eigenvalue weighted by atomic mass is 10.0. The van der Waals surface area contributed by atoms with E-state index in [9.17, 15) is 9.59 Å². The smallest absolute Gasteiger partial charge is 0.267 e. The van der Waals surface area contributed by atoms with Gasteiger partial charge in [0.25, 0.3) is 5.91 Å². The van der Waals surface area contributed by atoms with Gasteiger partial charge in [-0.15, -0.1) is 0 Å². The van der Waals surface area contributed by atoms with Gasteiger partial charge in [-0.1, -0.05) is 42.5 Å². The van der Waals surface area contributed by atoms with E-state index in [2.05, 4.69) is 24.1 Å². The first-order valence-electron chi connectivity index (χ1n) is 10.1. The largest absolute Gasteiger partial charge is 0.479 e. The van der Waals surface area contributed by atoms with E-state index >= 15 is 0 Å². The highest BCUT2D eigenvalue weighted by atomic mass is 16.5. The molecule has 0 N–H and O–H groups in total. The van der Waals surface area contributed by atoms with Gasteiger partial charge in [0, 0.05) is 32.6 Å². The van der Waals surface area contributed by atoms with Gasteiger partial charge in [0.1, 0.15) is 5.75 Å². The Hall–Kier alpha value is -2.86. The fourth-order valence-corrected chi connectivity index (χ4v) is 4.12. The summed E-state index contributed by atoms with van der Waals surface area (Å²) in [5.74, 6) is 0.666. The number of hydrogen-bond donors (Lipinski definition) is 0. The molecule has 0 radical (unpaired) electrons. The Morgan fingerprint density at radius 2 is 1.79 bits per heavy atom. The highest BCUT2D eigenvalue weighted by Gasteiger charge is 2.34. The Kier molecular flexibility index (Phi) is 5.53. The van der Waals surface area contributed by atoms with Gasteiger partial charge in [0.05, 0.1) is 11.7 Å². The van der Waals surface area contributed by atoms with Gasteiger partial charge in [-0.3, -0.25) is 9.59 Å². The molecule has 2 unspecified atom stereocenters. The standard InChI is InChI=1S/C23H27N3O3/c1-17-23(28)26(19-10-6-7-11-21(19)29-17)13-12-22(27)25-15-14-24(2)16-20(25)18-8-4-3-5-9-18/h3-11,17,20H,12-16H2,1-2H3. The van der Waals surface area contributed by atoms with E-state index in [1.165, 1.54) is 0 Å². The summed E-state index contributed by atoms with van der Waals surface area (Å²) < 4.78 is 5.69. The first kappa shape index (κ1) is 19.5. The third kappa shape index (κ3) is 3.98. The van der Waals surface area contributed by atoms with Crippen LogP contribution in [0.3, 0.4) is 0 Å². The molecule has 2 heterocycles. The number of fused-ring (bicyclic) bond motifs is 1. The van der Waals surface area contributed by atoms with Crippen LogP contribution in [-0.4, -0.2) is 60.9 Å². The van der Waals surface area contributed by atoms with Crippen LogP contribution < -0.4 is 9.64 Å². The number of ether oxygens (including phenoxy) is 1. The molecule has 2 aliphatic heterocycles. The number of carbonyl (C=O) groups is 2. The number of benzene rings is 2. The number of piperazine rings is 1. The number of anilines is 1. The summed E-state index contributed by atoms with van der Waals surface area (Å²) >= 11 is 0. The second kappa shape index (κ2) is 8.25. The number of amides is 2. The van der Waals surface area contributed by atoms with Crippen molar-refractivity contribution in [3.05, 3.63) is 60.2 Å². The van der Waals surface area contributed by atoms with Crippen molar-refractivity contribution in [2.75, 3.05) is 38.1 Å². The van der Waals surface area contributed by atoms with E-state index in [1.54, 1.807) is 11.8 Å². The first-order valence-corrected chi connectivity index (χ1v) is 10.1. The van der Waals surface area contributed by atoms with E-state index in [1.807, 2.05) is 47.4 Å². The van der Waals surface area contributed by atoms with Crippen LogP contribution in [0.25, 0.3) is 0 Å². The molecule has 29 heavy (non-hydrogen) atoms. The van der Waals surface area contributed by atoms with Crippen molar-refractivity contribution in [2.45, 2.75) is 25.5 Å². The highest BCUT2D eigenvalue weighted by Crippen LogP contribution is 2.34. The molecule has 0 aliphatic carbocycles. The average molecular weight is 393 g/mol. The monoisotopic (exact) mass is 393 g/mol. The molecule has 0 saturated carbocycles. The fraction of sp³-hybridized carbons (Fsp3) is 0.391. The van der Waals surface area contributed by atoms with Crippen LogP contribution in [-0.2, 0) is 9.59 Å². The Labute approximate surface area is 171 Å². The summed E-state index contributed by atoms with van der Waals surface area (Å²) in [5.41, 5.74) is 1.88. The van der Waals surface area contributed by atoms with Gasteiger partial charge < -0.3 is 19.4 Å². The molecule has 152 valence electrons. The molecule has 1 saturated heterocycles. The van der Waals surface area contributed by atoms with Gasteiger partial charge in [-0.05, 0) is 31.7 Å². The van der Waals surface area contributed by atoms with E-state index in [0.717, 1.165) is 24.3 Å². The molecule has 2 amide bonds. The van der Waals surface area contributed by atoms with Crippen LogP contribution in [0.4, 0.5) is 5.69 Å². The first-order chi connectivity index (χ1) is 14.0. The lowest BCUT2D eigenvalue weighted by Gasteiger charge is -2.41. The number of nitrogens with zero attached hydrogens (tertiary/aromatic N) is 3. The topological polar surface area (TPSA) is 53.1 Å². The number of carbonyl (C=O) groups excluding carboxylic acids is 2. The maximum Gasteiger partial charge on any atom is 0.267 e. The SMILES string of the molecule is CC1Oc2ccccc2N(CCC(=O)N2CCN(C)CC2c2ccccc2)C1=O. The number of rotatable bonds is 4. The quantitative estimate of drug-likeness (QED) is 0.802. The second-order valence-electron chi connectivity index (χ2n) is 7.74. The Morgan fingerprint density at radius 3 is 2.59 bits per heavy atom. The van der Waals surface area contributed by atoms with Crippen molar-refractivity contribution < 1.29 is 14.3 Å². The predicted molar refractivity (Wildman–Crippen MR) is 112 cm³/mol. The lowest BCUT2D eigenvalue weighted by molar-refractivity contribution is -0.136. The Bertz CT molecular complexity index is 886. The van der Waals surface area contributed by atoms with Gasteiger partial charge in [-0.25, -0.2) is 0 Å². The van der Waals surface area contributed by atoms with Crippen molar-refractivity contribution in [1.29, 1.82) is 0 Å². The zero-order chi connectivity index (χ0) is 20.4. The van der Waals surface area contributed by atoms with Crippen molar-refractivity contribution in [3.8, 4) is 5.75 Å². The molecule has 6 heteroatoms. The Balaban J connectivity index is 1.49. The lowest BCUT2D eigenvalue weighted by Crippen LogP contribution is -2.50. The third-order valence-corrected chi connectivity index (χ3v) is 5.71. The molecule has 0 aromatic heterocycles. The molecule has 2 aromatic carbocycles. The molecule has 4 rings (SSSR count). The maximum atomic E-state index is 13.2. The molecular formula is C23H27N3O3. The normalized spacial score (nSPS) is 22.2. The molecular weight excluding hydrogens is 366 g/mol. The fourth-order valence-electron chi connectivity index (χ4n) is 4.12. The predicted octanol–water partition coefficient (Wildman–Crippen LogP) is 2.71. The summed E-state index contributed by atoms with van der Waals surface area (Å²) in [5, 5.41) is 0. The van der Waals surface area contributed by atoms with Crippen LogP contribution >= 0.6 is 0 Å². The summed E-state index contributed by atoms with van der Waals surface area (Å²) in [7, 11) is 2.09. The minimum absolute atomic E-state index is 0.0362. The van der Waals surface area contributed by atoms with Crippen molar-refractivity contribution in [2.24, 2.45) is 0 Å². The van der Waals surface area contributed by atoms with Gasteiger partial charge >= 0.3 is 0 Å². The molecule has 0 spiro atoms. The van der Waals surface area contributed by atoms with Crippen LogP contribution in [0.5, 0.6) is 5.75 Å². The number of para-hydroxylation sites is 2. The van der Waals surface area contributed by atoms with Crippen LogP contribution in [0.15, 0.2) is 54.6 Å². The molecule has 2 atom stereocenters. The molecule has 1 fully saturated rings. The van der Waals surface area contributed by atoms with E-state index in [-0.39, 0.29) is 17.9 Å². The number of hydrogen-bond acceptors (Lipinski definition) is 4. The van der Waals surface area contributed by atoms with E-state index in [4.69, 9.17) is 4.74 Å². The summed E-state index contributed by atoms with van der Waals surface area (Å²) in [6.07, 6.45) is -0.250. The zero-order valence-corrected chi connectivity index (χ0v) is 17.0. The molecule has 0 bridgehead atoms. The average Bonchev–Trinajstić information content (AvgIpc) is 2.74. The summed E-state index contributed by atoms with van der Waals surface area (Å²) in [4.78, 5) is 31.8. The second-order valence-corrected chi connectivity index (χ2v) is 7.74. The van der Waals surface area contributed by atoms with Crippen molar-refractivity contribution >= 4 is 17.5 Å². The third-order valence-electron chi connectivity index (χ3n) is 5.71. The highest BCUT2D eigenvalue weighted by molar-refractivity contribution is 6.00. The van der Waals surface area contributed by atoms with Crippen LogP contribution in [0.2, 0.25) is 0 Å². The van der Waals surface area contributed by atoms with Gasteiger partial charge in [0.15, 0.2) is 6.10 Å².